The van der Waals surface area contributed by atoms with Crippen LogP contribution in [0.4, 0.5) is 0 Å². The highest BCUT2D eigenvalue weighted by molar-refractivity contribution is 5.65. The predicted octanol–water partition coefficient (Wildman–Crippen LogP) is 9.17. The van der Waals surface area contributed by atoms with Crippen LogP contribution in [-0.4, -0.2) is 0 Å². The summed E-state index contributed by atoms with van der Waals surface area (Å²) in [6.45, 7) is 9.15. The van der Waals surface area contributed by atoms with Crippen molar-refractivity contribution in [3.05, 3.63) is 76.9 Å². The molecular weight excluding hydrogens is 372 g/mol. The van der Waals surface area contributed by atoms with E-state index >= 15 is 0 Å². The highest BCUT2D eigenvalue weighted by Gasteiger charge is 2.39. The van der Waals surface area contributed by atoms with Gasteiger partial charge in [-0.1, -0.05) is 108 Å². The van der Waals surface area contributed by atoms with E-state index in [4.69, 9.17) is 0 Å². The Morgan fingerprint density at radius 3 is 2.16 bits per heavy atom. The van der Waals surface area contributed by atoms with E-state index < -0.39 is 0 Å². The molecule has 0 heterocycles. The van der Waals surface area contributed by atoms with Crippen molar-refractivity contribution in [2.24, 2.45) is 11.8 Å². The van der Waals surface area contributed by atoms with E-state index in [0.29, 0.717) is 5.41 Å². The lowest BCUT2D eigenvalue weighted by Crippen LogP contribution is -2.31. The Kier molecular flexibility index (Phi) is 9.00. The summed E-state index contributed by atoms with van der Waals surface area (Å²) in [5.74, 6) is 1.65. The van der Waals surface area contributed by atoms with E-state index in [-0.39, 0.29) is 0 Å². The highest BCUT2D eigenvalue weighted by atomic mass is 14.4. The molecule has 2 aliphatic rings. The second kappa shape index (κ2) is 11.7. The molecule has 0 radical (unpaired) electrons. The molecule has 0 amide bonds. The fraction of sp³-hybridized carbons (Fsp3) is 0.548. The van der Waals surface area contributed by atoms with E-state index in [1.165, 1.54) is 69.8 Å². The maximum Gasteiger partial charge on any atom is 0.0141 e. The molecule has 0 aromatic heterocycles. The van der Waals surface area contributed by atoms with E-state index in [2.05, 4.69) is 88.4 Å². The van der Waals surface area contributed by atoms with Gasteiger partial charge in [0, 0.05) is 5.41 Å². The third-order valence-electron chi connectivity index (χ3n) is 7.77. The molecule has 31 heavy (non-hydrogen) atoms. The van der Waals surface area contributed by atoms with Crippen LogP contribution in [0.15, 0.2) is 54.6 Å². The SMILES string of the molecule is CCCC.CCCCc1ccccc1CC(C)C1CCC2(C=Cc3ccccc32)CC1. The highest BCUT2D eigenvalue weighted by Crippen LogP contribution is 2.49. The van der Waals surface area contributed by atoms with Gasteiger partial charge in [0.05, 0.1) is 0 Å². The van der Waals surface area contributed by atoms with Gasteiger partial charge in [0.1, 0.15) is 0 Å². The number of hydrogen-bond acceptors (Lipinski definition) is 0. The molecule has 0 aliphatic heterocycles. The molecule has 1 saturated carbocycles. The van der Waals surface area contributed by atoms with Gasteiger partial charge in [-0.2, -0.15) is 0 Å². The van der Waals surface area contributed by atoms with Crippen LogP contribution in [0.2, 0.25) is 0 Å². The van der Waals surface area contributed by atoms with Crippen LogP contribution in [0.25, 0.3) is 6.08 Å². The van der Waals surface area contributed by atoms with Crippen LogP contribution in [0.5, 0.6) is 0 Å². The Morgan fingerprint density at radius 1 is 0.839 bits per heavy atom. The first-order valence-electron chi connectivity index (χ1n) is 13.0. The molecule has 2 aromatic carbocycles. The predicted molar refractivity (Wildman–Crippen MR) is 138 cm³/mol. The third-order valence-corrected chi connectivity index (χ3v) is 7.77. The van der Waals surface area contributed by atoms with Crippen molar-refractivity contribution < 1.29 is 0 Å². The Hall–Kier alpha value is -1.82. The molecule has 0 heteroatoms. The van der Waals surface area contributed by atoms with E-state index in [1.54, 1.807) is 16.7 Å². The standard InChI is InChI=1S/C27H34.C4H10/c1-3-4-9-23-10-5-6-12-25(23)20-21(2)22-14-17-27(18-15-22)19-16-24-11-7-8-13-26(24)27;1-3-4-2/h5-8,10-13,16,19,21-22H,3-4,9,14-15,17-18,20H2,1-2H3;3-4H2,1-2H3. The van der Waals surface area contributed by atoms with Gasteiger partial charge in [-0.05, 0) is 79.0 Å². The van der Waals surface area contributed by atoms with Crippen molar-refractivity contribution in [1.82, 2.24) is 0 Å². The Bertz CT molecular complexity index is 817. The minimum atomic E-state index is 0.339. The van der Waals surface area contributed by atoms with E-state index in [0.717, 1.165) is 11.8 Å². The number of aryl methyl sites for hydroxylation is 1. The normalized spacial score (nSPS) is 22.6. The van der Waals surface area contributed by atoms with Crippen molar-refractivity contribution >= 4 is 6.08 Å². The number of allylic oxidation sites excluding steroid dienone is 1. The molecule has 1 spiro atoms. The van der Waals surface area contributed by atoms with Gasteiger partial charge < -0.3 is 0 Å². The van der Waals surface area contributed by atoms with Crippen molar-refractivity contribution in [2.45, 2.75) is 97.3 Å². The lowest BCUT2D eigenvalue weighted by molar-refractivity contribution is 0.213. The van der Waals surface area contributed by atoms with Gasteiger partial charge in [0.2, 0.25) is 0 Å². The summed E-state index contributed by atoms with van der Waals surface area (Å²) >= 11 is 0. The van der Waals surface area contributed by atoms with Gasteiger partial charge in [-0.25, -0.2) is 0 Å². The topological polar surface area (TPSA) is 0 Å². The average molecular weight is 417 g/mol. The molecule has 0 nitrogen and oxygen atoms in total. The van der Waals surface area contributed by atoms with Crippen molar-refractivity contribution in [2.75, 3.05) is 0 Å². The van der Waals surface area contributed by atoms with Crippen LogP contribution < -0.4 is 0 Å². The minimum Gasteiger partial charge on any atom is -0.0733 e. The summed E-state index contributed by atoms with van der Waals surface area (Å²) < 4.78 is 0. The quantitative estimate of drug-likeness (QED) is 0.422. The molecule has 168 valence electrons. The molecule has 2 aromatic rings. The fourth-order valence-electron chi connectivity index (χ4n) is 5.48. The minimum absolute atomic E-state index is 0.339. The smallest absolute Gasteiger partial charge is 0.0141 e. The van der Waals surface area contributed by atoms with Gasteiger partial charge in [-0.15, -0.1) is 0 Å². The van der Waals surface area contributed by atoms with Crippen molar-refractivity contribution in [3.63, 3.8) is 0 Å². The second-order valence-electron chi connectivity index (χ2n) is 9.97. The summed E-state index contributed by atoms with van der Waals surface area (Å²) in [5, 5.41) is 0. The summed E-state index contributed by atoms with van der Waals surface area (Å²) in [7, 11) is 0. The number of unbranched alkanes of at least 4 members (excludes halogenated alkanes) is 2. The maximum absolute atomic E-state index is 2.51. The first kappa shape index (κ1) is 23.8. The van der Waals surface area contributed by atoms with Crippen LogP contribution >= 0.6 is 0 Å². The first-order valence-corrected chi connectivity index (χ1v) is 13.0. The first-order chi connectivity index (χ1) is 15.1. The summed E-state index contributed by atoms with van der Waals surface area (Å²) in [6.07, 6.45) is 18.0. The van der Waals surface area contributed by atoms with Crippen molar-refractivity contribution in [3.8, 4) is 0 Å². The van der Waals surface area contributed by atoms with E-state index in [9.17, 15) is 0 Å². The van der Waals surface area contributed by atoms with Crippen LogP contribution in [-0.2, 0) is 18.3 Å². The average Bonchev–Trinajstić information content (AvgIpc) is 3.17. The van der Waals surface area contributed by atoms with Crippen LogP contribution in [0, 0.1) is 11.8 Å². The number of hydrogen-bond donors (Lipinski definition) is 0. The molecular formula is C31H44. The van der Waals surface area contributed by atoms with Crippen LogP contribution in [0.1, 0.15) is 101 Å². The maximum atomic E-state index is 2.51. The van der Waals surface area contributed by atoms with Gasteiger partial charge >= 0.3 is 0 Å². The summed E-state index contributed by atoms with van der Waals surface area (Å²) in [5.41, 5.74) is 6.57. The summed E-state index contributed by atoms with van der Waals surface area (Å²) in [6, 6.07) is 18.2. The van der Waals surface area contributed by atoms with Crippen molar-refractivity contribution in [1.29, 1.82) is 0 Å². The Balaban J connectivity index is 0.000000628. The Labute approximate surface area is 192 Å². The zero-order valence-electron chi connectivity index (χ0n) is 20.5. The summed E-state index contributed by atoms with van der Waals surface area (Å²) in [4.78, 5) is 0. The number of rotatable bonds is 7. The lowest BCUT2D eigenvalue weighted by atomic mass is 9.65. The number of fused-ring (bicyclic) bond motifs is 2. The molecule has 2 aliphatic carbocycles. The molecule has 1 fully saturated rings. The zero-order valence-corrected chi connectivity index (χ0v) is 20.5. The molecule has 0 bridgehead atoms. The molecule has 1 atom stereocenters. The molecule has 4 rings (SSSR count). The molecule has 0 saturated heterocycles. The molecule has 1 unspecified atom stereocenters. The van der Waals surface area contributed by atoms with Gasteiger partial charge in [-0.3, -0.25) is 0 Å². The van der Waals surface area contributed by atoms with Gasteiger partial charge in [0.15, 0.2) is 0 Å². The van der Waals surface area contributed by atoms with E-state index in [1.807, 2.05) is 0 Å². The fourth-order valence-corrected chi connectivity index (χ4v) is 5.48. The number of benzene rings is 2. The van der Waals surface area contributed by atoms with Gasteiger partial charge in [0.25, 0.3) is 0 Å². The monoisotopic (exact) mass is 416 g/mol. The third kappa shape index (κ3) is 5.91. The molecule has 0 N–H and O–H groups in total. The second-order valence-corrected chi connectivity index (χ2v) is 9.97. The largest absolute Gasteiger partial charge is 0.0733 e. The Morgan fingerprint density at radius 2 is 1.48 bits per heavy atom. The van der Waals surface area contributed by atoms with Crippen LogP contribution in [0.3, 0.4) is 0 Å². The zero-order chi connectivity index (χ0) is 22.1. The lowest BCUT2D eigenvalue weighted by Gasteiger charge is -2.39.